The molecule has 0 unspecified atom stereocenters. The molecule has 0 fully saturated rings. The van der Waals surface area contributed by atoms with Crippen molar-refractivity contribution in [2.45, 2.75) is 40.2 Å². The van der Waals surface area contributed by atoms with Gasteiger partial charge in [0, 0.05) is 24.7 Å². The van der Waals surface area contributed by atoms with E-state index in [1.54, 1.807) is 0 Å². The Kier molecular flexibility index (Phi) is 8.95. The molecular weight excluding hydrogens is 307 g/mol. The fourth-order valence-electron chi connectivity index (χ4n) is 2.45. The number of nitrogens with two attached hydrogens (primary N) is 1. The van der Waals surface area contributed by atoms with E-state index in [9.17, 15) is 4.79 Å². The predicted molar refractivity (Wildman–Crippen MR) is 91.9 cm³/mol. The third kappa shape index (κ3) is 4.87. The van der Waals surface area contributed by atoms with E-state index < -0.39 is 5.41 Å². The van der Waals surface area contributed by atoms with Crippen LogP contribution in [0.25, 0.3) is 0 Å². The van der Waals surface area contributed by atoms with E-state index in [1.165, 1.54) is 0 Å². The fourth-order valence-corrected chi connectivity index (χ4v) is 2.66. The highest BCUT2D eigenvalue weighted by Crippen LogP contribution is 2.28. The van der Waals surface area contributed by atoms with Gasteiger partial charge in [-0.3, -0.25) is 4.79 Å². The second kappa shape index (κ2) is 9.29. The summed E-state index contributed by atoms with van der Waals surface area (Å²) >= 11 is 6.00. The first-order valence-corrected chi connectivity index (χ1v) is 7.64. The van der Waals surface area contributed by atoms with Crippen LogP contribution in [0.2, 0.25) is 5.02 Å². The van der Waals surface area contributed by atoms with Crippen molar-refractivity contribution in [1.29, 1.82) is 0 Å². The Morgan fingerprint density at radius 3 is 2.33 bits per heavy atom. The van der Waals surface area contributed by atoms with Crippen molar-refractivity contribution in [3.8, 4) is 0 Å². The molecule has 0 bridgehead atoms. The molecule has 21 heavy (non-hydrogen) atoms. The summed E-state index contributed by atoms with van der Waals surface area (Å²) in [4.78, 5) is 14.7. The van der Waals surface area contributed by atoms with Crippen LogP contribution in [-0.4, -0.2) is 23.9 Å². The molecule has 1 aromatic carbocycles. The average molecular weight is 333 g/mol. The highest BCUT2D eigenvalue weighted by Gasteiger charge is 2.36. The molecule has 0 aromatic heterocycles. The number of hydrogen-bond acceptors (Lipinski definition) is 2. The zero-order valence-electron chi connectivity index (χ0n) is 13.1. The van der Waals surface area contributed by atoms with Gasteiger partial charge in [0.2, 0.25) is 5.91 Å². The van der Waals surface area contributed by atoms with Gasteiger partial charge in [-0.15, -0.1) is 12.4 Å². The van der Waals surface area contributed by atoms with E-state index in [4.69, 9.17) is 17.3 Å². The Balaban J connectivity index is 0.00000400. The van der Waals surface area contributed by atoms with Crippen LogP contribution in [0, 0.1) is 5.41 Å². The molecule has 3 nitrogen and oxygen atoms in total. The van der Waals surface area contributed by atoms with Gasteiger partial charge < -0.3 is 10.6 Å². The Hall–Kier alpha value is -0.770. The van der Waals surface area contributed by atoms with Crippen LogP contribution in [0.3, 0.4) is 0 Å². The van der Waals surface area contributed by atoms with E-state index >= 15 is 0 Å². The van der Waals surface area contributed by atoms with Crippen molar-refractivity contribution in [3.05, 3.63) is 34.9 Å². The van der Waals surface area contributed by atoms with Crippen LogP contribution in [-0.2, 0) is 11.3 Å². The molecule has 0 heterocycles. The molecule has 0 radical (unpaired) electrons. The van der Waals surface area contributed by atoms with Crippen molar-refractivity contribution in [1.82, 2.24) is 4.90 Å². The molecule has 0 aliphatic rings. The SMILES string of the molecule is CCN(Cc1cccc(Cl)c1)C(=O)C(CC)(CC)CN.Cl. The summed E-state index contributed by atoms with van der Waals surface area (Å²) in [5, 5.41) is 0.696. The predicted octanol–water partition coefficient (Wildman–Crippen LogP) is 3.88. The summed E-state index contributed by atoms with van der Waals surface area (Å²) in [7, 11) is 0. The fraction of sp³-hybridized carbons (Fsp3) is 0.562. The van der Waals surface area contributed by atoms with E-state index in [1.807, 2.05) is 49.9 Å². The van der Waals surface area contributed by atoms with Gasteiger partial charge in [0.05, 0.1) is 5.41 Å². The van der Waals surface area contributed by atoms with Gasteiger partial charge >= 0.3 is 0 Å². The number of rotatable bonds is 7. The van der Waals surface area contributed by atoms with Gasteiger partial charge in [-0.2, -0.15) is 0 Å². The molecule has 1 amide bonds. The number of carbonyl (C=O) groups is 1. The molecule has 0 atom stereocenters. The molecule has 0 aliphatic heterocycles. The smallest absolute Gasteiger partial charge is 0.230 e. The summed E-state index contributed by atoms with van der Waals surface area (Å²) < 4.78 is 0. The summed E-state index contributed by atoms with van der Waals surface area (Å²) in [6.07, 6.45) is 1.54. The number of halogens is 2. The minimum absolute atomic E-state index is 0. The quantitative estimate of drug-likeness (QED) is 0.823. The number of nitrogens with zero attached hydrogens (tertiary/aromatic N) is 1. The number of hydrogen-bond donors (Lipinski definition) is 1. The zero-order chi connectivity index (χ0) is 15.2. The normalized spacial score (nSPS) is 10.9. The van der Waals surface area contributed by atoms with Crippen molar-refractivity contribution < 1.29 is 4.79 Å². The summed E-state index contributed by atoms with van der Waals surface area (Å²) in [6.45, 7) is 7.70. The Labute approximate surface area is 139 Å². The number of amides is 1. The highest BCUT2D eigenvalue weighted by molar-refractivity contribution is 6.30. The molecule has 0 spiro atoms. The lowest BCUT2D eigenvalue weighted by Gasteiger charge is -2.34. The second-order valence-electron chi connectivity index (χ2n) is 5.14. The van der Waals surface area contributed by atoms with Gasteiger partial charge in [-0.1, -0.05) is 37.6 Å². The number of carbonyl (C=O) groups excluding carboxylic acids is 1. The van der Waals surface area contributed by atoms with Crippen molar-refractivity contribution >= 4 is 29.9 Å². The first kappa shape index (κ1) is 20.2. The standard InChI is InChI=1S/C16H25ClN2O.ClH/c1-4-16(5-2,12-18)15(20)19(6-3)11-13-8-7-9-14(17)10-13;/h7-10H,4-6,11-12,18H2,1-3H3;1H. The molecule has 2 N–H and O–H groups in total. The Bertz CT molecular complexity index is 439. The molecule has 1 rings (SSSR count). The molecule has 0 saturated carbocycles. The van der Waals surface area contributed by atoms with E-state index in [0.717, 1.165) is 18.4 Å². The Morgan fingerprint density at radius 2 is 1.90 bits per heavy atom. The molecule has 5 heteroatoms. The summed E-state index contributed by atoms with van der Waals surface area (Å²) in [6, 6.07) is 7.64. The zero-order valence-corrected chi connectivity index (χ0v) is 14.6. The summed E-state index contributed by atoms with van der Waals surface area (Å²) in [5.74, 6) is 0.146. The van der Waals surface area contributed by atoms with Gasteiger partial charge in [0.25, 0.3) is 0 Å². The molecule has 120 valence electrons. The van der Waals surface area contributed by atoms with Gasteiger partial charge in [0.1, 0.15) is 0 Å². The van der Waals surface area contributed by atoms with E-state index in [0.29, 0.717) is 24.7 Å². The largest absolute Gasteiger partial charge is 0.338 e. The topological polar surface area (TPSA) is 46.3 Å². The maximum absolute atomic E-state index is 12.8. The average Bonchev–Trinajstić information content (AvgIpc) is 2.47. The molecule has 0 saturated heterocycles. The monoisotopic (exact) mass is 332 g/mol. The van der Waals surface area contributed by atoms with Crippen LogP contribution in [0.1, 0.15) is 39.2 Å². The first-order valence-electron chi connectivity index (χ1n) is 7.26. The maximum Gasteiger partial charge on any atom is 0.230 e. The van der Waals surface area contributed by atoms with Crippen LogP contribution in [0.4, 0.5) is 0 Å². The van der Waals surface area contributed by atoms with Crippen LogP contribution in [0.15, 0.2) is 24.3 Å². The van der Waals surface area contributed by atoms with Crippen LogP contribution < -0.4 is 5.73 Å². The lowest BCUT2D eigenvalue weighted by Crippen LogP contribution is -2.47. The third-order valence-electron chi connectivity index (χ3n) is 4.13. The summed E-state index contributed by atoms with van der Waals surface area (Å²) in [5.41, 5.74) is 6.48. The van der Waals surface area contributed by atoms with Gasteiger partial charge in [-0.05, 0) is 37.5 Å². The lowest BCUT2D eigenvalue weighted by atomic mass is 9.81. The van der Waals surface area contributed by atoms with Crippen LogP contribution in [0.5, 0.6) is 0 Å². The second-order valence-corrected chi connectivity index (χ2v) is 5.58. The minimum atomic E-state index is -0.436. The van der Waals surface area contributed by atoms with Crippen molar-refractivity contribution in [2.24, 2.45) is 11.1 Å². The van der Waals surface area contributed by atoms with Crippen molar-refractivity contribution in [3.63, 3.8) is 0 Å². The third-order valence-corrected chi connectivity index (χ3v) is 4.36. The van der Waals surface area contributed by atoms with E-state index in [-0.39, 0.29) is 18.3 Å². The van der Waals surface area contributed by atoms with E-state index in [2.05, 4.69) is 0 Å². The molecular formula is C16H26Cl2N2O. The maximum atomic E-state index is 12.8. The Morgan fingerprint density at radius 1 is 1.29 bits per heavy atom. The van der Waals surface area contributed by atoms with Gasteiger partial charge in [-0.25, -0.2) is 0 Å². The van der Waals surface area contributed by atoms with Gasteiger partial charge in [0.15, 0.2) is 0 Å². The first-order chi connectivity index (χ1) is 9.52. The molecule has 1 aromatic rings. The lowest BCUT2D eigenvalue weighted by molar-refractivity contribution is -0.142. The minimum Gasteiger partial charge on any atom is -0.338 e. The molecule has 0 aliphatic carbocycles. The highest BCUT2D eigenvalue weighted by atomic mass is 35.5. The van der Waals surface area contributed by atoms with Crippen LogP contribution >= 0.6 is 24.0 Å². The van der Waals surface area contributed by atoms with Crippen molar-refractivity contribution in [2.75, 3.05) is 13.1 Å². The number of benzene rings is 1.